The van der Waals surface area contributed by atoms with E-state index >= 15 is 0 Å². The molecule has 54 heavy (non-hydrogen) atoms. The molecule has 2 unspecified atom stereocenters. The monoisotopic (exact) mass is 692 g/mol. The van der Waals surface area contributed by atoms with E-state index in [-0.39, 0.29) is 12.2 Å². The first-order chi connectivity index (χ1) is 26.7. The van der Waals surface area contributed by atoms with Crippen LogP contribution in [0.15, 0.2) is 210 Å². The van der Waals surface area contributed by atoms with Gasteiger partial charge in [-0.3, -0.25) is 10.3 Å². The highest BCUT2D eigenvalue weighted by Gasteiger charge is 2.31. The highest BCUT2D eigenvalue weighted by atomic mass is 16.3. The van der Waals surface area contributed by atoms with E-state index in [0.717, 1.165) is 55.5 Å². The number of furan rings is 1. The van der Waals surface area contributed by atoms with Crippen molar-refractivity contribution in [1.82, 2.24) is 5.32 Å². The molecular formula is C51H36N2O. The van der Waals surface area contributed by atoms with Crippen molar-refractivity contribution >= 4 is 38.4 Å². The van der Waals surface area contributed by atoms with Crippen LogP contribution in [-0.4, -0.2) is 5.71 Å². The second-order valence-electron chi connectivity index (χ2n) is 14.0. The third-order valence-corrected chi connectivity index (χ3v) is 10.8. The molecule has 1 aliphatic rings. The van der Waals surface area contributed by atoms with Crippen molar-refractivity contribution in [2.75, 3.05) is 0 Å². The Kier molecular flexibility index (Phi) is 7.86. The smallest absolute Gasteiger partial charge is 0.136 e. The first kappa shape index (κ1) is 31.9. The molecule has 3 heteroatoms. The molecule has 1 aromatic heterocycles. The molecule has 9 aromatic rings. The first-order valence-electron chi connectivity index (χ1n) is 18.5. The molecule has 3 nitrogen and oxygen atoms in total. The Bertz CT molecular complexity index is 2850. The van der Waals surface area contributed by atoms with E-state index in [1.54, 1.807) is 0 Å². The van der Waals surface area contributed by atoms with Gasteiger partial charge in [0, 0.05) is 16.3 Å². The predicted molar refractivity (Wildman–Crippen MR) is 225 cm³/mol. The van der Waals surface area contributed by atoms with Crippen molar-refractivity contribution in [3.63, 3.8) is 0 Å². The van der Waals surface area contributed by atoms with E-state index < -0.39 is 0 Å². The number of hydrogen-bond donors (Lipinski definition) is 1. The standard InChI is InChI=1S/C51H36N2O/c1-33-49(39-26-22-36(23-27-39)34-12-4-2-5-13-34)52-51(40-28-24-37(25-29-40)35-14-6-3-7-15-35)53-50(33)44-20-11-21-47-48(44)45-32-41(30-31-46(45)54-47)43-19-10-17-38-16-8-9-18-42(38)43/h2-32,49,51-52H,1H2. The second-order valence-corrected chi connectivity index (χ2v) is 14.0. The summed E-state index contributed by atoms with van der Waals surface area (Å²) in [5.74, 6) is 0. The highest BCUT2D eigenvalue weighted by molar-refractivity contribution is 6.24. The van der Waals surface area contributed by atoms with Crippen molar-refractivity contribution in [2.45, 2.75) is 12.2 Å². The molecule has 8 aromatic carbocycles. The molecule has 10 rings (SSSR count). The summed E-state index contributed by atoms with van der Waals surface area (Å²) in [5.41, 5.74) is 13.8. The fourth-order valence-corrected chi connectivity index (χ4v) is 8.01. The second kappa shape index (κ2) is 13.3. The van der Waals surface area contributed by atoms with Gasteiger partial charge in [0.25, 0.3) is 0 Å². The summed E-state index contributed by atoms with van der Waals surface area (Å²) in [6.07, 6.45) is -0.297. The van der Waals surface area contributed by atoms with Crippen LogP contribution in [0.25, 0.3) is 66.1 Å². The van der Waals surface area contributed by atoms with Crippen molar-refractivity contribution in [1.29, 1.82) is 0 Å². The normalized spacial score (nSPS) is 15.9. The van der Waals surface area contributed by atoms with Gasteiger partial charge in [0.2, 0.25) is 0 Å². The fourth-order valence-electron chi connectivity index (χ4n) is 8.01. The zero-order chi connectivity index (χ0) is 36.0. The molecule has 1 aliphatic heterocycles. The van der Waals surface area contributed by atoms with Gasteiger partial charge < -0.3 is 4.42 Å². The topological polar surface area (TPSA) is 37.5 Å². The molecule has 0 saturated heterocycles. The van der Waals surface area contributed by atoms with Gasteiger partial charge in [0.1, 0.15) is 17.3 Å². The van der Waals surface area contributed by atoms with Crippen molar-refractivity contribution < 1.29 is 4.42 Å². The first-order valence-corrected chi connectivity index (χ1v) is 18.5. The minimum atomic E-state index is -0.297. The van der Waals surface area contributed by atoms with E-state index in [9.17, 15) is 0 Å². The van der Waals surface area contributed by atoms with Crippen molar-refractivity contribution in [3.05, 3.63) is 217 Å². The lowest BCUT2D eigenvalue weighted by atomic mass is 9.87. The number of fused-ring (bicyclic) bond motifs is 4. The Balaban J connectivity index is 1.11. The maximum Gasteiger partial charge on any atom is 0.136 e. The number of hydrogen-bond acceptors (Lipinski definition) is 3. The van der Waals surface area contributed by atoms with Crippen LogP contribution in [0.4, 0.5) is 0 Å². The maximum absolute atomic E-state index is 6.53. The lowest BCUT2D eigenvalue weighted by molar-refractivity contribution is 0.488. The van der Waals surface area contributed by atoms with Gasteiger partial charge in [-0.15, -0.1) is 0 Å². The third kappa shape index (κ3) is 5.63. The Hall–Kier alpha value is -6.81. The summed E-state index contributed by atoms with van der Waals surface area (Å²) in [6, 6.07) is 66.3. The van der Waals surface area contributed by atoms with Gasteiger partial charge in [0.15, 0.2) is 0 Å². The van der Waals surface area contributed by atoms with E-state index in [2.05, 4.69) is 187 Å². The van der Waals surface area contributed by atoms with Gasteiger partial charge in [-0.1, -0.05) is 176 Å². The number of benzene rings is 8. The summed E-state index contributed by atoms with van der Waals surface area (Å²) < 4.78 is 6.53. The molecule has 0 amide bonds. The molecule has 0 saturated carbocycles. The summed E-state index contributed by atoms with van der Waals surface area (Å²) in [5, 5.41) is 8.43. The van der Waals surface area contributed by atoms with E-state index in [4.69, 9.17) is 16.0 Å². The maximum atomic E-state index is 6.53. The molecule has 2 atom stereocenters. The fraction of sp³-hybridized carbons (Fsp3) is 0.0392. The van der Waals surface area contributed by atoms with E-state index in [1.807, 2.05) is 6.07 Å². The minimum Gasteiger partial charge on any atom is -0.456 e. The summed E-state index contributed by atoms with van der Waals surface area (Å²) in [6.45, 7) is 4.74. The quantitative estimate of drug-likeness (QED) is 0.188. The summed E-state index contributed by atoms with van der Waals surface area (Å²) in [4.78, 5) is 5.47. The minimum absolute atomic E-state index is 0.166. The molecule has 0 fully saturated rings. The Morgan fingerprint density at radius 2 is 1.04 bits per heavy atom. The summed E-state index contributed by atoms with van der Waals surface area (Å²) >= 11 is 0. The van der Waals surface area contributed by atoms with Crippen LogP contribution in [0.5, 0.6) is 0 Å². The summed E-state index contributed by atoms with van der Waals surface area (Å²) in [7, 11) is 0. The molecule has 0 radical (unpaired) electrons. The van der Waals surface area contributed by atoms with Crippen LogP contribution >= 0.6 is 0 Å². The van der Waals surface area contributed by atoms with Crippen LogP contribution in [0.3, 0.4) is 0 Å². The largest absolute Gasteiger partial charge is 0.456 e. The molecule has 0 spiro atoms. The van der Waals surface area contributed by atoms with Crippen LogP contribution < -0.4 is 5.32 Å². The molecule has 1 N–H and O–H groups in total. The highest BCUT2D eigenvalue weighted by Crippen LogP contribution is 2.41. The Labute approximate surface area is 314 Å². The van der Waals surface area contributed by atoms with Crippen molar-refractivity contribution in [3.8, 4) is 33.4 Å². The van der Waals surface area contributed by atoms with Crippen LogP contribution in [0.2, 0.25) is 0 Å². The zero-order valence-corrected chi connectivity index (χ0v) is 29.6. The van der Waals surface area contributed by atoms with Crippen LogP contribution in [0.1, 0.15) is 28.9 Å². The lowest BCUT2D eigenvalue weighted by Crippen LogP contribution is -2.34. The third-order valence-electron chi connectivity index (χ3n) is 10.8. The van der Waals surface area contributed by atoms with Crippen molar-refractivity contribution in [2.24, 2.45) is 4.99 Å². The van der Waals surface area contributed by atoms with Gasteiger partial charge in [-0.05, 0) is 79.1 Å². The average molecular weight is 693 g/mol. The van der Waals surface area contributed by atoms with Gasteiger partial charge in [0.05, 0.1) is 11.8 Å². The van der Waals surface area contributed by atoms with Crippen LogP contribution in [0, 0.1) is 0 Å². The predicted octanol–water partition coefficient (Wildman–Crippen LogP) is 13.1. The van der Waals surface area contributed by atoms with Gasteiger partial charge in [-0.2, -0.15) is 0 Å². The van der Waals surface area contributed by atoms with Crippen LogP contribution in [-0.2, 0) is 0 Å². The Morgan fingerprint density at radius 3 is 1.76 bits per heavy atom. The number of nitrogens with zero attached hydrogens (tertiary/aromatic N) is 1. The molecule has 0 bridgehead atoms. The van der Waals surface area contributed by atoms with Gasteiger partial charge >= 0.3 is 0 Å². The molecule has 256 valence electrons. The van der Waals surface area contributed by atoms with E-state index in [1.165, 1.54) is 38.6 Å². The molecule has 2 heterocycles. The zero-order valence-electron chi connectivity index (χ0n) is 29.6. The SMILES string of the molecule is C=C1C(c2cccc3oc4ccc(-c5cccc6ccccc56)cc4c23)=NC(c2ccc(-c3ccccc3)cc2)NC1c1ccc(-c2ccccc2)cc1. The average Bonchev–Trinajstić information content (AvgIpc) is 3.63. The Morgan fingerprint density at radius 1 is 0.463 bits per heavy atom. The molecule has 0 aliphatic carbocycles. The molecular weight excluding hydrogens is 657 g/mol. The van der Waals surface area contributed by atoms with E-state index in [0.29, 0.717) is 0 Å². The number of rotatable bonds is 6. The number of nitrogens with one attached hydrogen (secondary N) is 1. The number of aliphatic imine (C=N–C) groups is 1. The van der Waals surface area contributed by atoms with Gasteiger partial charge in [-0.25, -0.2) is 0 Å². The lowest BCUT2D eigenvalue weighted by Gasteiger charge is -2.33.